The van der Waals surface area contributed by atoms with Gasteiger partial charge in [-0.1, -0.05) is 30.3 Å². The van der Waals surface area contributed by atoms with Gasteiger partial charge in [0.2, 0.25) is 11.8 Å². The summed E-state index contributed by atoms with van der Waals surface area (Å²) in [5.74, 6) is -0.172. The van der Waals surface area contributed by atoms with Crippen LogP contribution >= 0.6 is 0 Å². The highest BCUT2D eigenvalue weighted by Crippen LogP contribution is 2.23. The van der Waals surface area contributed by atoms with Crippen molar-refractivity contribution >= 4 is 11.8 Å². The Morgan fingerprint density at radius 3 is 2.84 bits per heavy atom. The average Bonchev–Trinajstić information content (AvgIpc) is 2.45. The van der Waals surface area contributed by atoms with Crippen molar-refractivity contribution in [3.05, 3.63) is 35.9 Å². The Morgan fingerprint density at radius 2 is 2.16 bits per heavy atom. The summed E-state index contributed by atoms with van der Waals surface area (Å²) in [6, 6.07) is 8.84. The topological polar surface area (TPSA) is 58.6 Å². The lowest BCUT2D eigenvalue weighted by Crippen LogP contribution is -2.52. The van der Waals surface area contributed by atoms with E-state index in [2.05, 4.69) is 5.32 Å². The number of carbonyl (C=O) groups is 2. The second kappa shape index (κ2) is 6.33. The lowest BCUT2D eigenvalue weighted by molar-refractivity contribution is -0.144. The van der Waals surface area contributed by atoms with E-state index in [0.29, 0.717) is 26.1 Å². The molecule has 102 valence electrons. The van der Waals surface area contributed by atoms with E-state index in [1.54, 1.807) is 12.0 Å². The number of hydrogen-bond acceptors (Lipinski definition) is 3. The van der Waals surface area contributed by atoms with E-state index in [9.17, 15) is 9.59 Å². The summed E-state index contributed by atoms with van der Waals surface area (Å²) < 4.78 is 4.92. The molecule has 1 unspecified atom stereocenters. The fourth-order valence-electron chi connectivity index (χ4n) is 2.24. The predicted molar refractivity (Wildman–Crippen MR) is 70.4 cm³/mol. The van der Waals surface area contributed by atoms with Gasteiger partial charge in [0.05, 0.1) is 13.0 Å². The minimum absolute atomic E-state index is 0.0504. The third-order valence-electron chi connectivity index (χ3n) is 3.17. The fourth-order valence-corrected chi connectivity index (χ4v) is 2.24. The van der Waals surface area contributed by atoms with Crippen LogP contribution in [-0.2, 0) is 14.3 Å². The van der Waals surface area contributed by atoms with Crippen LogP contribution in [0.2, 0.25) is 0 Å². The molecule has 0 spiro atoms. The van der Waals surface area contributed by atoms with E-state index in [1.807, 2.05) is 30.3 Å². The van der Waals surface area contributed by atoms with Crippen LogP contribution in [0.15, 0.2) is 30.3 Å². The Kier molecular flexibility index (Phi) is 4.52. The van der Waals surface area contributed by atoms with Crippen LogP contribution < -0.4 is 5.32 Å². The first-order valence-corrected chi connectivity index (χ1v) is 6.35. The maximum atomic E-state index is 12.2. The van der Waals surface area contributed by atoms with E-state index >= 15 is 0 Å². The number of ether oxygens (including phenoxy) is 1. The lowest BCUT2D eigenvalue weighted by Gasteiger charge is -2.35. The van der Waals surface area contributed by atoms with Gasteiger partial charge in [-0.05, 0) is 5.56 Å². The second-order valence-corrected chi connectivity index (χ2v) is 4.43. The Balaban J connectivity index is 2.19. The van der Waals surface area contributed by atoms with Gasteiger partial charge in [0.25, 0.3) is 0 Å². The third kappa shape index (κ3) is 3.12. The molecule has 19 heavy (non-hydrogen) atoms. The monoisotopic (exact) mass is 262 g/mol. The van der Waals surface area contributed by atoms with Crippen molar-refractivity contribution in [2.24, 2.45) is 0 Å². The number of nitrogens with one attached hydrogen (secondary N) is 1. The number of benzene rings is 1. The van der Waals surface area contributed by atoms with Gasteiger partial charge >= 0.3 is 0 Å². The molecule has 0 radical (unpaired) electrons. The predicted octanol–water partition coefficient (Wildman–Crippen LogP) is 0.723. The number of amides is 2. The zero-order chi connectivity index (χ0) is 13.7. The molecule has 2 amide bonds. The summed E-state index contributed by atoms with van der Waals surface area (Å²) in [5.41, 5.74) is 0.838. The minimum atomic E-state index is -0.528. The molecule has 1 N–H and O–H groups in total. The van der Waals surface area contributed by atoms with Gasteiger partial charge in [0.15, 0.2) is 0 Å². The van der Waals surface area contributed by atoms with Crippen molar-refractivity contribution in [1.29, 1.82) is 0 Å². The maximum Gasteiger partial charge on any atom is 0.247 e. The molecule has 1 aliphatic heterocycles. The van der Waals surface area contributed by atoms with E-state index in [-0.39, 0.29) is 11.8 Å². The van der Waals surface area contributed by atoms with Gasteiger partial charge in [0.1, 0.15) is 6.04 Å². The zero-order valence-electron chi connectivity index (χ0n) is 11.0. The number of piperazine rings is 1. The van der Waals surface area contributed by atoms with Gasteiger partial charge in [-0.3, -0.25) is 9.59 Å². The largest absolute Gasteiger partial charge is 0.384 e. The Hall–Kier alpha value is -1.88. The van der Waals surface area contributed by atoms with Gasteiger partial charge in [0, 0.05) is 20.2 Å². The van der Waals surface area contributed by atoms with Crippen molar-refractivity contribution in [2.75, 3.05) is 26.8 Å². The Bertz CT molecular complexity index is 447. The number of hydrogen-bond donors (Lipinski definition) is 1. The van der Waals surface area contributed by atoms with Crippen LogP contribution in [0.3, 0.4) is 0 Å². The second-order valence-electron chi connectivity index (χ2n) is 4.43. The van der Waals surface area contributed by atoms with E-state index in [1.165, 1.54) is 0 Å². The van der Waals surface area contributed by atoms with Crippen molar-refractivity contribution in [1.82, 2.24) is 10.2 Å². The van der Waals surface area contributed by atoms with E-state index in [4.69, 9.17) is 4.74 Å². The molecular formula is C14H18N2O3. The highest BCUT2D eigenvalue weighted by Gasteiger charge is 2.33. The lowest BCUT2D eigenvalue weighted by atomic mass is 10.0. The molecule has 1 heterocycles. The third-order valence-corrected chi connectivity index (χ3v) is 3.17. The molecule has 1 aromatic carbocycles. The average molecular weight is 262 g/mol. The van der Waals surface area contributed by atoms with E-state index in [0.717, 1.165) is 5.56 Å². The molecule has 0 aromatic heterocycles. The highest BCUT2D eigenvalue weighted by atomic mass is 16.5. The molecule has 1 saturated heterocycles. The summed E-state index contributed by atoms with van der Waals surface area (Å²) >= 11 is 0. The van der Waals surface area contributed by atoms with Gasteiger partial charge in [-0.15, -0.1) is 0 Å². The molecule has 1 atom stereocenters. The molecule has 5 heteroatoms. The quantitative estimate of drug-likeness (QED) is 0.870. The Morgan fingerprint density at radius 1 is 1.42 bits per heavy atom. The molecule has 0 aliphatic carbocycles. The van der Waals surface area contributed by atoms with Crippen LogP contribution in [0.25, 0.3) is 0 Å². The van der Waals surface area contributed by atoms with Gasteiger partial charge in [-0.25, -0.2) is 0 Å². The molecular weight excluding hydrogens is 244 g/mol. The van der Waals surface area contributed by atoms with E-state index < -0.39 is 6.04 Å². The number of methoxy groups -OCH3 is 1. The maximum absolute atomic E-state index is 12.2. The molecule has 0 bridgehead atoms. The smallest absolute Gasteiger partial charge is 0.247 e. The van der Waals surface area contributed by atoms with Crippen molar-refractivity contribution in [2.45, 2.75) is 12.5 Å². The van der Waals surface area contributed by atoms with Crippen molar-refractivity contribution in [3.8, 4) is 0 Å². The molecule has 5 nitrogen and oxygen atoms in total. The van der Waals surface area contributed by atoms with Crippen LogP contribution in [0.5, 0.6) is 0 Å². The molecule has 1 aliphatic rings. The summed E-state index contributed by atoms with van der Waals surface area (Å²) in [4.78, 5) is 25.8. The van der Waals surface area contributed by atoms with Crippen molar-refractivity contribution < 1.29 is 14.3 Å². The van der Waals surface area contributed by atoms with Crippen LogP contribution in [0, 0.1) is 0 Å². The number of rotatable bonds is 4. The Labute approximate surface area is 112 Å². The SMILES string of the molecule is COCCC(=O)N1CCNC(=O)C1c1ccccc1. The van der Waals surface area contributed by atoms with Crippen LogP contribution in [0.4, 0.5) is 0 Å². The zero-order valence-corrected chi connectivity index (χ0v) is 11.0. The van der Waals surface area contributed by atoms with Gasteiger partial charge < -0.3 is 15.0 Å². The molecule has 0 saturated carbocycles. The van der Waals surface area contributed by atoms with Gasteiger partial charge in [-0.2, -0.15) is 0 Å². The molecule has 1 aromatic rings. The first kappa shape index (κ1) is 13.5. The number of nitrogens with zero attached hydrogens (tertiary/aromatic N) is 1. The summed E-state index contributed by atoms with van der Waals surface area (Å²) in [6.07, 6.45) is 0.299. The standard InChI is InChI=1S/C14H18N2O3/c1-19-10-7-12(17)16-9-8-15-14(18)13(16)11-5-3-2-4-6-11/h2-6,13H,7-10H2,1H3,(H,15,18). The minimum Gasteiger partial charge on any atom is -0.384 e. The molecule has 1 fully saturated rings. The molecule has 2 rings (SSSR count). The summed E-state index contributed by atoms with van der Waals surface area (Å²) in [6.45, 7) is 1.41. The number of carbonyl (C=O) groups excluding carboxylic acids is 2. The van der Waals surface area contributed by atoms with Crippen LogP contribution in [0.1, 0.15) is 18.0 Å². The summed E-state index contributed by atoms with van der Waals surface area (Å²) in [7, 11) is 1.56. The van der Waals surface area contributed by atoms with Crippen molar-refractivity contribution in [3.63, 3.8) is 0 Å². The van der Waals surface area contributed by atoms with Crippen LogP contribution in [-0.4, -0.2) is 43.5 Å². The fraction of sp³-hybridized carbons (Fsp3) is 0.429. The first-order chi connectivity index (χ1) is 9.24. The first-order valence-electron chi connectivity index (χ1n) is 6.35. The highest BCUT2D eigenvalue weighted by molar-refractivity contribution is 5.89. The normalized spacial score (nSPS) is 19.1. The summed E-state index contributed by atoms with van der Waals surface area (Å²) in [5, 5.41) is 2.81.